The van der Waals surface area contributed by atoms with E-state index in [1.165, 1.54) is 16.1 Å². The van der Waals surface area contributed by atoms with Crippen LogP contribution in [0.3, 0.4) is 0 Å². The molecule has 0 fully saturated rings. The van der Waals surface area contributed by atoms with E-state index in [2.05, 4.69) is 48.6 Å². The van der Waals surface area contributed by atoms with E-state index in [1.807, 2.05) is 18.2 Å². The number of hydrogen-bond donors (Lipinski definition) is 1. The predicted octanol–water partition coefficient (Wildman–Crippen LogP) is 4.54. The largest absolute Gasteiger partial charge is 0.352 e. The second-order valence-corrected chi connectivity index (χ2v) is 7.98. The third-order valence-corrected chi connectivity index (χ3v) is 6.09. The van der Waals surface area contributed by atoms with E-state index in [9.17, 15) is 4.79 Å². The van der Waals surface area contributed by atoms with E-state index in [-0.39, 0.29) is 11.8 Å². The molecule has 4 heteroatoms. The first-order valence-electron chi connectivity index (χ1n) is 9.06. The van der Waals surface area contributed by atoms with E-state index in [4.69, 9.17) is 4.98 Å². The highest BCUT2D eigenvalue weighted by Crippen LogP contribution is 2.34. The zero-order chi connectivity index (χ0) is 17.9. The summed E-state index contributed by atoms with van der Waals surface area (Å²) in [5, 5.41) is 4.17. The predicted molar refractivity (Wildman–Crippen MR) is 106 cm³/mol. The fourth-order valence-corrected chi connectivity index (χ4v) is 4.54. The Balaban J connectivity index is 1.40. The number of fused-ring (bicyclic) bond motifs is 1. The summed E-state index contributed by atoms with van der Waals surface area (Å²) in [6, 6.07) is 18.6. The average Bonchev–Trinajstić information content (AvgIpc) is 3.11. The van der Waals surface area contributed by atoms with E-state index < -0.39 is 0 Å². The number of rotatable bonds is 4. The van der Waals surface area contributed by atoms with Gasteiger partial charge in [0.15, 0.2) is 0 Å². The zero-order valence-electron chi connectivity index (χ0n) is 14.9. The third kappa shape index (κ3) is 3.70. The molecular formula is C22H22N2OS. The van der Waals surface area contributed by atoms with E-state index in [0.717, 1.165) is 35.4 Å². The van der Waals surface area contributed by atoms with Gasteiger partial charge in [0.1, 0.15) is 5.01 Å². The van der Waals surface area contributed by atoms with Crippen molar-refractivity contribution in [3.05, 3.63) is 76.3 Å². The molecule has 1 aliphatic rings. The van der Waals surface area contributed by atoms with Gasteiger partial charge in [0.05, 0.1) is 5.69 Å². The van der Waals surface area contributed by atoms with Crippen LogP contribution in [0.5, 0.6) is 0 Å². The minimum Gasteiger partial charge on any atom is -0.352 e. The summed E-state index contributed by atoms with van der Waals surface area (Å²) < 4.78 is 0. The number of aryl methyl sites for hydroxylation is 2. The molecule has 3 aromatic rings. The van der Waals surface area contributed by atoms with Crippen molar-refractivity contribution in [1.29, 1.82) is 0 Å². The lowest BCUT2D eigenvalue weighted by atomic mass is 9.90. The fourth-order valence-electron chi connectivity index (χ4n) is 3.34. The minimum absolute atomic E-state index is 0.0528. The Hall–Kier alpha value is -2.46. The molecule has 1 aromatic heterocycles. The summed E-state index contributed by atoms with van der Waals surface area (Å²) in [6.45, 7) is 2.67. The fraction of sp³-hybridized carbons (Fsp3) is 0.273. The maximum Gasteiger partial charge on any atom is 0.223 e. The number of nitrogens with one attached hydrogen (secondary N) is 1. The second-order valence-electron chi connectivity index (χ2n) is 6.90. The Bertz CT molecular complexity index is 900. The Morgan fingerprint density at radius 2 is 1.92 bits per heavy atom. The molecular weight excluding hydrogens is 340 g/mol. The summed E-state index contributed by atoms with van der Waals surface area (Å²) >= 11 is 1.73. The monoisotopic (exact) mass is 362 g/mol. The first kappa shape index (κ1) is 17.0. The first-order chi connectivity index (χ1) is 12.7. The van der Waals surface area contributed by atoms with Crippen LogP contribution in [0.25, 0.3) is 10.6 Å². The van der Waals surface area contributed by atoms with Crippen LogP contribution in [0.4, 0.5) is 0 Å². The molecule has 0 radical (unpaired) electrons. The van der Waals surface area contributed by atoms with Gasteiger partial charge < -0.3 is 5.32 Å². The Morgan fingerprint density at radius 1 is 1.15 bits per heavy atom. The molecule has 0 spiro atoms. The standard InChI is InChI=1S/C22H22N2OS/c1-15-7-9-16(10-8-15)14-23-21(25)18-11-12-19-20(13-18)26-22(24-19)17-5-3-2-4-6-17/h2-10,18H,11-14H2,1H3,(H,23,25). The van der Waals surface area contributed by atoms with Crippen LogP contribution in [-0.2, 0) is 24.2 Å². The summed E-state index contributed by atoms with van der Waals surface area (Å²) in [5.41, 5.74) is 4.72. The van der Waals surface area contributed by atoms with Crippen LogP contribution in [0.15, 0.2) is 54.6 Å². The summed E-state index contributed by atoms with van der Waals surface area (Å²) in [5.74, 6) is 0.211. The number of carbonyl (C=O) groups excluding carboxylic acids is 1. The van der Waals surface area contributed by atoms with Crippen LogP contribution in [0.1, 0.15) is 28.1 Å². The third-order valence-electron chi connectivity index (χ3n) is 4.92. The van der Waals surface area contributed by atoms with Crippen LogP contribution in [0, 0.1) is 12.8 Å². The van der Waals surface area contributed by atoms with Crippen molar-refractivity contribution in [2.75, 3.05) is 0 Å². The van der Waals surface area contributed by atoms with Gasteiger partial charge in [0.25, 0.3) is 0 Å². The molecule has 0 bridgehead atoms. The van der Waals surface area contributed by atoms with E-state index in [1.54, 1.807) is 11.3 Å². The Kier molecular flexibility index (Phi) is 4.85. The van der Waals surface area contributed by atoms with Gasteiger partial charge in [-0.2, -0.15) is 0 Å². The topological polar surface area (TPSA) is 42.0 Å². The highest BCUT2D eigenvalue weighted by Gasteiger charge is 2.27. The first-order valence-corrected chi connectivity index (χ1v) is 9.88. The van der Waals surface area contributed by atoms with Gasteiger partial charge in [-0.05, 0) is 31.7 Å². The van der Waals surface area contributed by atoms with Crippen molar-refractivity contribution < 1.29 is 4.79 Å². The summed E-state index contributed by atoms with van der Waals surface area (Å²) in [6.07, 6.45) is 2.57. The smallest absolute Gasteiger partial charge is 0.223 e. The molecule has 4 rings (SSSR count). The van der Waals surface area contributed by atoms with Gasteiger partial charge in [-0.25, -0.2) is 4.98 Å². The van der Waals surface area contributed by atoms with Crippen molar-refractivity contribution in [3.8, 4) is 10.6 Å². The van der Waals surface area contributed by atoms with Gasteiger partial charge in [-0.15, -0.1) is 11.3 Å². The van der Waals surface area contributed by atoms with Gasteiger partial charge in [-0.3, -0.25) is 4.79 Å². The number of nitrogens with zero attached hydrogens (tertiary/aromatic N) is 1. The van der Waals surface area contributed by atoms with Gasteiger partial charge in [0, 0.05) is 22.9 Å². The molecule has 26 heavy (non-hydrogen) atoms. The molecule has 1 aliphatic carbocycles. The van der Waals surface area contributed by atoms with Crippen molar-refractivity contribution in [2.45, 2.75) is 32.7 Å². The quantitative estimate of drug-likeness (QED) is 0.740. The molecule has 1 heterocycles. The number of amides is 1. The molecule has 2 aromatic carbocycles. The average molecular weight is 362 g/mol. The molecule has 1 amide bonds. The molecule has 3 nitrogen and oxygen atoms in total. The summed E-state index contributed by atoms with van der Waals surface area (Å²) in [7, 11) is 0. The number of carbonyl (C=O) groups is 1. The molecule has 132 valence electrons. The second kappa shape index (κ2) is 7.42. The lowest BCUT2D eigenvalue weighted by molar-refractivity contribution is -0.125. The van der Waals surface area contributed by atoms with Crippen LogP contribution >= 0.6 is 11.3 Å². The van der Waals surface area contributed by atoms with Gasteiger partial charge in [-0.1, -0.05) is 60.2 Å². The highest BCUT2D eigenvalue weighted by molar-refractivity contribution is 7.15. The maximum atomic E-state index is 12.6. The number of benzene rings is 2. The molecule has 0 saturated heterocycles. The summed E-state index contributed by atoms with van der Waals surface area (Å²) in [4.78, 5) is 18.7. The minimum atomic E-state index is 0.0528. The Labute approximate surface area is 158 Å². The Morgan fingerprint density at radius 3 is 2.69 bits per heavy atom. The molecule has 0 aliphatic heterocycles. The zero-order valence-corrected chi connectivity index (χ0v) is 15.7. The molecule has 0 saturated carbocycles. The number of hydrogen-bond acceptors (Lipinski definition) is 3. The normalized spacial score (nSPS) is 16.1. The van der Waals surface area contributed by atoms with Crippen molar-refractivity contribution in [2.24, 2.45) is 5.92 Å². The number of thiazole rings is 1. The van der Waals surface area contributed by atoms with Crippen molar-refractivity contribution in [1.82, 2.24) is 10.3 Å². The van der Waals surface area contributed by atoms with E-state index >= 15 is 0 Å². The maximum absolute atomic E-state index is 12.6. The van der Waals surface area contributed by atoms with Gasteiger partial charge in [0.2, 0.25) is 5.91 Å². The van der Waals surface area contributed by atoms with Crippen LogP contribution < -0.4 is 5.32 Å². The molecule has 1 atom stereocenters. The van der Waals surface area contributed by atoms with Crippen LogP contribution in [-0.4, -0.2) is 10.9 Å². The highest BCUT2D eigenvalue weighted by atomic mass is 32.1. The lowest BCUT2D eigenvalue weighted by Crippen LogP contribution is -2.33. The molecule has 1 N–H and O–H groups in total. The van der Waals surface area contributed by atoms with Gasteiger partial charge >= 0.3 is 0 Å². The van der Waals surface area contributed by atoms with Crippen LogP contribution in [0.2, 0.25) is 0 Å². The number of aromatic nitrogens is 1. The lowest BCUT2D eigenvalue weighted by Gasteiger charge is -2.20. The van der Waals surface area contributed by atoms with E-state index in [0.29, 0.717) is 6.54 Å². The SMILES string of the molecule is Cc1ccc(CNC(=O)C2CCc3nc(-c4ccccc4)sc3C2)cc1. The van der Waals surface area contributed by atoms with Crippen molar-refractivity contribution >= 4 is 17.2 Å². The molecule has 1 unspecified atom stereocenters. The van der Waals surface area contributed by atoms with Crippen molar-refractivity contribution in [3.63, 3.8) is 0 Å².